The van der Waals surface area contributed by atoms with Gasteiger partial charge in [-0.05, 0) is 101 Å². The van der Waals surface area contributed by atoms with E-state index < -0.39 is 17.2 Å². The van der Waals surface area contributed by atoms with Crippen LogP contribution in [0.1, 0.15) is 90.0 Å². The minimum atomic E-state index is -4.36. The van der Waals surface area contributed by atoms with Crippen molar-refractivity contribution >= 4 is 18.2 Å². The highest BCUT2D eigenvalue weighted by Crippen LogP contribution is 2.29. The molecule has 0 spiro atoms. The highest BCUT2D eigenvalue weighted by Gasteiger charge is 2.30. The molecule has 244 valence electrons. The van der Waals surface area contributed by atoms with Crippen molar-refractivity contribution in [1.29, 1.82) is 0 Å². The molecule has 0 heterocycles. The quantitative estimate of drug-likeness (QED) is 0.172. The van der Waals surface area contributed by atoms with E-state index in [1.165, 1.54) is 0 Å². The van der Waals surface area contributed by atoms with Crippen molar-refractivity contribution in [2.45, 2.75) is 98.8 Å². The minimum Gasteiger partial charge on any atom is -0.312 e. The molecule has 0 aliphatic rings. The average molecular weight is 615 g/mol. The molecule has 44 heavy (non-hydrogen) atoms. The lowest BCUT2D eigenvalue weighted by atomic mass is 9.82. The first-order valence-electron chi connectivity index (χ1n) is 15.7. The molecule has 0 fully saturated rings. The van der Waals surface area contributed by atoms with Gasteiger partial charge in [-0.25, -0.2) is 0 Å². The van der Waals surface area contributed by atoms with E-state index in [0.717, 1.165) is 66.8 Å². The Morgan fingerprint density at radius 3 is 2.05 bits per heavy atom. The van der Waals surface area contributed by atoms with Crippen molar-refractivity contribution in [3.63, 3.8) is 0 Å². The zero-order valence-corrected chi connectivity index (χ0v) is 27.9. The fourth-order valence-corrected chi connectivity index (χ4v) is 5.06. The van der Waals surface area contributed by atoms with Crippen LogP contribution in [-0.4, -0.2) is 55.0 Å². The maximum Gasteiger partial charge on any atom is 0.416 e. The third-order valence-electron chi connectivity index (χ3n) is 8.03. The van der Waals surface area contributed by atoms with E-state index in [1.807, 2.05) is 13.8 Å². The number of benzene rings is 2. The van der Waals surface area contributed by atoms with Crippen LogP contribution in [0.25, 0.3) is 0 Å². The fraction of sp³-hybridized carbons (Fsp3) is 0.583. The van der Waals surface area contributed by atoms with E-state index in [-0.39, 0.29) is 17.2 Å². The first-order valence-corrected chi connectivity index (χ1v) is 15.7. The maximum absolute atomic E-state index is 13.2. The molecule has 0 saturated heterocycles. The van der Waals surface area contributed by atoms with Gasteiger partial charge in [0, 0.05) is 29.8 Å². The van der Waals surface area contributed by atoms with Gasteiger partial charge in [0.05, 0.1) is 18.8 Å². The number of Topliss-reactive ketones (excluding diaryl/α,β-unsaturated/α-hetero) is 1. The number of hydrogen-bond donors (Lipinski definition) is 1. The van der Waals surface area contributed by atoms with Crippen molar-refractivity contribution in [3.8, 4) is 0 Å². The van der Waals surface area contributed by atoms with Crippen LogP contribution in [0, 0.1) is 11.3 Å². The maximum atomic E-state index is 13.2. The molecule has 1 unspecified atom stereocenters. The second-order valence-corrected chi connectivity index (χ2v) is 13.6. The molecule has 0 saturated carbocycles. The van der Waals surface area contributed by atoms with Gasteiger partial charge in [0.25, 0.3) is 0 Å². The first-order chi connectivity index (χ1) is 20.5. The SMILES string of the molecule is C=NC/C(=N\CN(CCc1ccc(CC(C)(C)C(C)=O)cc1)Cc1ccc(C(F)(F)F)cc1)C(CCC)CCNC(C)(C)C. The molecule has 1 atom stereocenters. The summed E-state index contributed by atoms with van der Waals surface area (Å²) in [7, 11) is 0. The van der Waals surface area contributed by atoms with Crippen molar-refractivity contribution in [3.05, 3.63) is 70.8 Å². The van der Waals surface area contributed by atoms with E-state index in [1.54, 1.807) is 19.1 Å². The van der Waals surface area contributed by atoms with Gasteiger partial charge < -0.3 is 5.32 Å². The molecule has 2 aromatic carbocycles. The minimum absolute atomic E-state index is 0.0328. The summed E-state index contributed by atoms with van der Waals surface area (Å²) >= 11 is 0. The van der Waals surface area contributed by atoms with Gasteiger partial charge in [0.1, 0.15) is 5.78 Å². The molecule has 0 aliphatic heterocycles. The topological polar surface area (TPSA) is 57.1 Å². The predicted molar refractivity (Wildman–Crippen MR) is 178 cm³/mol. The zero-order chi connectivity index (χ0) is 33.0. The van der Waals surface area contributed by atoms with Crippen LogP contribution >= 0.6 is 0 Å². The molecule has 2 aromatic rings. The van der Waals surface area contributed by atoms with Crippen molar-refractivity contribution in [1.82, 2.24) is 10.2 Å². The van der Waals surface area contributed by atoms with Gasteiger partial charge in [-0.15, -0.1) is 0 Å². The second-order valence-electron chi connectivity index (χ2n) is 13.6. The van der Waals surface area contributed by atoms with E-state index >= 15 is 0 Å². The normalized spacial score (nSPS) is 13.8. The van der Waals surface area contributed by atoms with Crippen molar-refractivity contribution in [2.75, 3.05) is 26.3 Å². The number of halogens is 3. The lowest BCUT2D eigenvalue weighted by Crippen LogP contribution is -2.38. The van der Waals surface area contributed by atoms with Gasteiger partial charge in [-0.3, -0.25) is 19.7 Å². The average Bonchev–Trinajstić information content (AvgIpc) is 2.93. The van der Waals surface area contributed by atoms with Gasteiger partial charge in [-0.1, -0.05) is 63.6 Å². The third-order valence-corrected chi connectivity index (χ3v) is 8.03. The Morgan fingerprint density at radius 1 is 0.932 bits per heavy atom. The Bertz CT molecular complexity index is 1200. The molecule has 2 rings (SSSR count). The molecule has 0 aliphatic carbocycles. The van der Waals surface area contributed by atoms with E-state index in [9.17, 15) is 18.0 Å². The predicted octanol–water partition coefficient (Wildman–Crippen LogP) is 8.20. The van der Waals surface area contributed by atoms with Gasteiger partial charge in [0.2, 0.25) is 0 Å². The number of carbonyl (C=O) groups excluding carboxylic acids is 1. The Morgan fingerprint density at radius 2 is 1.52 bits per heavy atom. The molecular weight excluding hydrogens is 561 g/mol. The second kappa shape index (κ2) is 17.0. The molecule has 5 nitrogen and oxygen atoms in total. The van der Waals surface area contributed by atoms with Gasteiger partial charge >= 0.3 is 6.18 Å². The molecule has 8 heteroatoms. The van der Waals surface area contributed by atoms with Gasteiger partial charge in [0.15, 0.2) is 0 Å². The van der Waals surface area contributed by atoms with Crippen LogP contribution in [0.3, 0.4) is 0 Å². The number of nitrogens with zero attached hydrogens (tertiary/aromatic N) is 3. The van der Waals surface area contributed by atoms with Crippen LogP contribution in [0.4, 0.5) is 13.2 Å². The number of nitrogens with one attached hydrogen (secondary N) is 1. The molecule has 0 aromatic heterocycles. The number of rotatable bonds is 18. The summed E-state index contributed by atoms with van der Waals surface area (Å²) in [5.41, 5.74) is 3.07. The first kappa shape index (κ1) is 37.3. The molecule has 0 bridgehead atoms. The monoisotopic (exact) mass is 614 g/mol. The Labute approximate surface area is 263 Å². The summed E-state index contributed by atoms with van der Waals surface area (Å²) in [5.74, 6) is 0.443. The summed E-state index contributed by atoms with van der Waals surface area (Å²) in [4.78, 5) is 23.4. The summed E-state index contributed by atoms with van der Waals surface area (Å²) in [6.07, 6.45) is 0.0659. The number of hydrogen-bond acceptors (Lipinski definition) is 5. The summed E-state index contributed by atoms with van der Waals surface area (Å²) < 4.78 is 39.5. The highest BCUT2D eigenvalue weighted by molar-refractivity contribution is 5.89. The lowest BCUT2D eigenvalue weighted by Gasteiger charge is -2.25. The Balaban J connectivity index is 2.24. The van der Waals surface area contributed by atoms with Gasteiger partial charge in [-0.2, -0.15) is 13.2 Å². The van der Waals surface area contributed by atoms with E-state index in [0.29, 0.717) is 32.7 Å². The summed E-state index contributed by atoms with van der Waals surface area (Å²) in [6, 6.07) is 13.7. The van der Waals surface area contributed by atoms with Crippen molar-refractivity contribution < 1.29 is 18.0 Å². The standard InChI is InChI=1S/C36H53F3N4O/c1-9-10-31(19-21-42-34(3,4)5)33(24-40-8)41-26-43(25-30-15-17-32(18-16-30)36(37,38)39)22-20-28-11-13-29(14-12-28)23-35(6,7)27(2)44/h11-18,31,42H,8-10,19-26H2,1-7H3/b41-33+. The summed E-state index contributed by atoms with van der Waals surface area (Å²) in [6.45, 7) is 20.8. The Hall–Kier alpha value is -2.84. The highest BCUT2D eigenvalue weighted by atomic mass is 19.4. The number of aliphatic imine (C=N–C) groups is 2. The summed E-state index contributed by atoms with van der Waals surface area (Å²) in [5, 5.41) is 3.57. The van der Waals surface area contributed by atoms with Crippen LogP contribution in [0.5, 0.6) is 0 Å². The van der Waals surface area contributed by atoms with E-state index in [4.69, 9.17) is 4.99 Å². The fourth-order valence-electron chi connectivity index (χ4n) is 5.06. The lowest BCUT2D eigenvalue weighted by molar-refractivity contribution is -0.137. The van der Waals surface area contributed by atoms with Crippen LogP contribution in [0.2, 0.25) is 0 Å². The van der Waals surface area contributed by atoms with Crippen LogP contribution < -0.4 is 5.32 Å². The molecule has 0 amide bonds. The van der Waals surface area contributed by atoms with Crippen LogP contribution in [-0.2, 0) is 30.4 Å². The zero-order valence-electron chi connectivity index (χ0n) is 27.9. The van der Waals surface area contributed by atoms with Crippen LogP contribution in [0.15, 0.2) is 58.5 Å². The molecule has 1 N–H and O–H groups in total. The molecule has 0 radical (unpaired) electrons. The smallest absolute Gasteiger partial charge is 0.312 e. The van der Waals surface area contributed by atoms with E-state index in [2.05, 4.69) is 73.9 Å². The molecular formula is C36H53F3N4O. The third kappa shape index (κ3) is 13.4. The number of alkyl halides is 3. The van der Waals surface area contributed by atoms with Crippen molar-refractivity contribution in [2.24, 2.45) is 21.3 Å². The number of ketones is 1. The largest absolute Gasteiger partial charge is 0.416 e. The number of carbonyl (C=O) groups is 1. The Kier molecular flexibility index (Phi) is 14.4.